The lowest BCUT2D eigenvalue weighted by atomic mass is 9.77. The number of pyridine rings is 1. The van der Waals surface area contributed by atoms with Crippen LogP contribution in [0.4, 0.5) is 26.3 Å². The molecule has 2 fully saturated rings. The number of carboxylic acids is 2. The number of alkyl halides is 6. The topological polar surface area (TPSA) is 120 Å². The minimum atomic E-state index is -5.08. The Kier molecular flexibility index (Phi) is 11.6. The summed E-state index contributed by atoms with van der Waals surface area (Å²) >= 11 is 0. The molecule has 2 N–H and O–H groups in total. The van der Waals surface area contributed by atoms with E-state index < -0.39 is 24.3 Å². The minimum Gasteiger partial charge on any atom is -0.475 e. The number of hydrogen-bond acceptors (Lipinski definition) is 6. The summed E-state index contributed by atoms with van der Waals surface area (Å²) in [5, 5.41) is 14.2. The number of rotatable bonds is 5. The van der Waals surface area contributed by atoms with Gasteiger partial charge in [-0.05, 0) is 44.0 Å². The van der Waals surface area contributed by atoms with Gasteiger partial charge in [0, 0.05) is 39.1 Å². The van der Waals surface area contributed by atoms with Gasteiger partial charge in [0.1, 0.15) is 0 Å². The van der Waals surface area contributed by atoms with Crippen molar-refractivity contribution in [1.29, 1.82) is 0 Å². The first-order valence-corrected chi connectivity index (χ1v) is 10.6. The van der Waals surface area contributed by atoms with Gasteiger partial charge in [-0.15, -0.1) is 0 Å². The zero-order chi connectivity index (χ0) is 27.6. The summed E-state index contributed by atoms with van der Waals surface area (Å²) in [6.07, 6.45) is -3.46. The van der Waals surface area contributed by atoms with Crippen molar-refractivity contribution in [3.8, 4) is 0 Å². The molecule has 1 aromatic rings. The number of ether oxygens (including phenoxy) is 1. The normalized spacial score (nSPS) is 17.6. The van der Waals surface area contributed by atoms with E-state index in [-0.39, 0.29) is 5.41 Å². The molecule has 9 nitrogen and oxygen atoms in total. The second kappa shape index (κ2) is 13.4. The van der Waals surface area contributed by atoms with Crippen LogP contribution in [0.15, 0.2) is 24.5 Å². The summed E-state index contributed by atoms with van der Waals surface area (Å²) in [6.45, 7) is 5.19. The average Bonchev–Trinajstić information content (AvgIpc) is 3.09. The molecular weight excluding hydrogens is 504 g/mol. The molecule has 2 aliphatic heterocycles. The molecule has 204 valence electrons. The van der Waals surface area contributed by atoms with Crippen LogP contribution in [0.3, 0.4) is 0 Å². The number of hydrogen-bond donors (Lipinski definition) is 2. The van der Waals surface area contributed by atoms with Crippen LogP contribution in [0, 0.1) is 5.41 Å². The van der Waals surface area contributed by atoms with Crippen molar-refractivity contribution in [2.24, 2.45) is 5.41 Å². The van der Waals surface area contributed by atoms with E-state index in [1.807, 2.05) is 17.2 Å². The van der Waals surface area contributed by atoms with Crippen LogP contribution in [0.5, 0.6) is 0 Å². The van der Waals surface area contributed by atoms with E-state index in [9.17, 15) is 31.1 Å². The molecule has 36 heavy (non-hydrogen) atoms. The fourth-order valence-corrected chi connectivity index (χ4v) is 3.66. The van der Waals surface area contributed by atoms with Crippen LogP contribution >= 0.6 is 0 Å². The number of methoxy groups -OCH3 is 1. The lowest BCUT2D eigenvalue weighted by molar-refractivity contribution is -0.193. The molecule has 0 atom stereocenters. The Morgan fingerprint density at radius 1 is 1.03 bits per heavy atom. The Morgan fingerprint density at radius 3 is 1.94 bits per heavy atom. The Labute approximate surface area is 202 Å². The first kappa shape index (κ1) is 31.1. The van der Waals surface area contributed by atoms with Gasteiger partial charge in [0.15, 0.2) is 0 Å². The van der Waals surface area contributed by atoms with Gasteiger partial charge in [0.05, 0.1) is 12.0 Å². The highest BCUT2D eigenvalue weighted by atomic mass is 19.4. The van der Waals surface area contributed by atoms with E-state index >= 15 is 0 Å². The molecule has 3 rings (SSSR count). The first-order valence-electron chi connectivity index (χ1n) is 10.6. The summed E-state index contributed by atoms with van der Waals surface area (Å²) in [5.41, 5.74) is 1.15. The number of aliphatic carboxylic acids is 2. The molecule has 1 spiro atoms. The monoisotopic (exact) mass is 531 g/mol. The standard InChI is InChI=1S/C17H25N3O2.2C2HF3O2/c1-22-12-11-20-10-6-17(16(20)21)4-8-19(9-5-17)14-15-3-2-7-18-13-15;2*3-2(4,5)1(6)7/h2-3,7,13H,4-6,8-12,14H2,1H3;2*(H,6,7). The summed E-state index contributed by atoms with van der Waals surface area (Å²) in [5.74, 6) is -5.16. The number of piperidine rings is 1. The number of likely N-dealkylation sites (tertiary alicyclic amines) is 2. The van der Waals surface area contributed by atoms with Crippen LogP contribution < -0.4 is 0 Å². The summed E-state index contributed by atoms with van der Waals surface area (Å²) in [4.78, 5) is 39.1. The van der Waals surface area contributed by atoms with Gasteiger partial charge in [-0.3, -0.25) is 14.7 Å². The van der Waals surface area contributed by atoms with Gasteiger partial charge in [0.25, 0.3) is 0 Å². The SMILES string of the molecule is COCCN1CCC2(CCN(Cc3cccnc3)CC2)C1=O.O=C(O)C(F)(F)F.O=C(O)C(F)(F)F. The number of halogens is 6. The van der Waals surface area contributed by atoms with Gasteiger partial charge in [-0.25, -0.2) is 9.59 Å². The van der Waals surface area contributed by atoms with Crippen LogP contribution in [-0.2, 0) is 25.7 Å². The number of amides is 1. The molecule has 1 aromatic heterocycles. The van der Waals surface area contributed by atoms with Crippen molar-refractivity contribution in [2.75, 3.05) is 39.9 Å². The van der Waals surface area contributed by atoms with E-state index in [1.54, 1.807) is 13.3 Å². The van der Waals surface area contributed by atoms with E-state index in [2.05, 4.69) is 16.0 Å². The highest BCUT2D eigenvalue weighted by Crippen LogP contribution is 2.41. The predicted octanol–water partition coefficient (Wildman–Crippen LogP) is 2.81. The van der Waals surface area contributed by atoms with Crippen LogP contribution in [0.25, 0.3) is 0 Å². The van der Waals surface area contributed by atoms with Crippen molar-refractivity contribution in [3.63, 3.8) is 0 Å². The highest BCUT2D eigenvalue weighted by Gasteiger charge is 2.47. The van der Waals surface area contributed by atoms with E-state index in [1.165, 1.54) is 5.56 Å². The highest BCUT2D eigenvalue weighted by molar-refractivity contribution is 5.85. The fourth-order valence-electron chi connectivity index (χ4n) is 3.66. The molecule has 2 aliphatic rings. The molecule has 0 radical (unpaired) electrons. The fraction of sp³-hybridized carbons (Fsp3) is 0.619. The lowest BCUT2D eigenvalue weighted by Crippen LogP contribution is -2.44. The quantitative estimate of drug-likeness (QED) is 0.557. The largest absolute Gasteiger partial charge is 0.490 e. The first-order chi connectivity index (χ1) is 16.6. The summed E-state index contributed by atoms with van der Waals surface area (Å²) < 4.78 is 68.6. The molecule has 15 heteroatoms. The third kappa shape index (κ3) is 9.97. The average molecular weight is 531 g/mol. The molecule has 0 aromatic carbocycles. The van der Waals surface area contributed by atoms with Crippen molar-refractivity contribution in [2.45, 2.75) is 38.2 Å². The molecule has 0 saturated carbocycles. The zero-order valence-corrected chi connectivity index (χ0v) is 19.3. The smallest absolute Gasteiger partial charge is 0.475 e. The van der Waals surface area contributed by atoms with E-state index in [4.69, 9.17) is 24.5 Å². The van der Waals surface area contributed by atoms with Crippen molar-refractivity contribution >= 4 is 17.8 Å². The minimum absolute atomic E-state index is 0.0980. The van der Waals surface area contributed by atoms with Crippen molar-refractivity contribution < 1.29 is 55.7 Å². The number of carboxylic acid groups (broad SMARTS) is 2. The van der Waals surface area contributed by atoms with E-state index in [0.717, 1.165) is 52.0 Å². The predicted molar refractivity (Wildman–Crippen MR) is 112 cm³/mol. The third-order valence-electron chi connectivity index (χ3n) is 5.59. The summed E-state index contributed by atoms with van der Waals surface area (Å²) in [6, 6.07) is 4.10. The Morgan fingerprint density at radius 2 is 1.53 bits per heavy atom. The number of aromatic nitrogens is 1. The van der Waals surface area contributed by atoms with Crippen LogP contribution in [0.1, 0.15) is 24.8 Å². The second-order valence-corrected chi connectivity index (χ2v) is 8.06. The van der Waals surface area contributed by atoms with E-state index in [0.29, 0.717) is 12.5 Å². The van der Waals surface area contributed by atoms with Gasteiger partial charge < -0.3 is 19.8 Å². The molecule has 0 unspecified atom stereocenters. The maximum Gasteiger partial charge on any atom is 0.490 e. The summed E-state index contributed by atoms with van der Waals surface area (Å²) in [7, 11) is 1.69. The maximum atomic E-state index is 12.7. The molecule has 0 bridgehead atoms. The van der Waals surface area contributed by atoms with Crippen LogP contribution in [-0.4, -0.2) is 95.1 Å². The Balaban J connectivity index is 0.000000383. The van der Waals surface area contributed by atoms with Gasteiger partial charge in [-0.1, -0.05) is 6.07 Å². The zero-order valence-electron chi connectivity index (χ0n) is 19.3. The van der Waals surface area contributed by atoms with Gasteiger partial charge in [0.2, 0.25) is 5.91 Å². The van der Waals surface area contributed by atoms with Crippen LogP contribution in [0.2, 0.25) is 0 Å². The number of carbonyl (C=O) groups excluding carboxylic acids is 1. The van der Waals surface area contributed by atoms with Crippen molar-refractivity contribution in [1.82, 2.24) is 14.8 Å². The molecule has 0 aliphatic carbocycles. The van der Waals surface area contributed by atoms with Crippen molar-refractivity contribution in [3.05, 3.63) is 30.1 Å². The molecule has 2 saturated heterocycles. The number of carbonyl (C=O) groups is 3. The second-order valence-electron chi connectivity index (χ2n) is 8.06. The van der Waals surface area contributed by atoms with Gasteiger partial charge in [-0.2, -0.15) is 26.3 Å². The van der Waals surface area contributed by atoms with Gasteiger partial charge >= 0.3 is 24.3 Å². The third-order valence-corrected chi connectivity index (χ3v) is 5.59. The molecule has 3 heterocycles. The lowest BCUT2D eigenvalue weighted by Gasteiger charge is -2.38. The Bertz CT molecular complexity index is 834. The Hall–Kier alpha value is -2.94. The molecular formula is C21H27F6N3O6. The maximum absolute atomic E-state index is 12.7. The molecule has 1 amide bonds. The number of nitrogens with zero attached hydrogens (tertiary/aromatic N) is 3.